The molecule has 0 aliphatic rings. The van der Waals surface area contributed by atoms with E-state index in [9.17, 15) is 14.4 Å². The van der Waals surface area contributed by atoms with E-state index in [1.807, 2.05) is 30.3 Å². The van der Waals surface area contributed by atoms with Crippen molar-refractivity contribution in [1.29, 1.82) is 0 Å². The predicted molar refractivity (Wildman–Crippen MR) is 134 cm³/mol. The molecular weight excluding hydrogens is 476 g/mol. The number of halogens is 1. The summed E-state index contributed by atoms with van der Waals surface area (Å²) in [4.78, 5) is 42.0. The van der Waals surface area contributed by atoms with Gasteiger partial charge in [0.2, 0.25) is 5.91 Å². The van der Waals surface area contributed by atoms with E-state index in [-0.39, 0.29) is 23.6 Å². The van der Waals surface area contributed by atoms with Gasteiger partial charge in [-0.05, 0) is 37.3 Å². The highest BCUT2D eigenvalue weighted by molar-refractivity contribution is 7.14. The van der Waals surface area contributed by atoms with Crippen LogP contribution in [0.1, 0.15) is 11.4 Å². The Hall–Kier alpha value is -3.89. The Morgan fingerprint density at radius 1 is 1.06 bits per heavy atom. The number of urea groups is 1. The molecule has 0 unspecified atom stereocenters. The number of nitrogens with one attached hydrogen (secondary N) is 3. The first kappa shape index (κ1) is 23.3. The van der Waals surface area contributed by atoms with Gasteiger partial charge in [0.1, 0.15) is 5.69 Å². The van der Waals surface area contributed by atoms with Crippen molar-refractivity contribution in [1.82, 2.24) is 14.3 Å². The molecule has 9 nitrogen and oxygen atoms in total. The van der Waals surface area contributed by atoms with Crippen LogP contribution in [0.3, 0.4) is 0 Å². The summed E-state index contributed by atoms with van der Waals surface area (Å²) in [6, 6.07) is 15.5. The van der Waals surface area contributed by atoms with Crippen LogP contribution >= 0.6 is 22.9 Å². The average molecular weight is 497 g/mol. The Bertz CT molecular complexity index is 1410. The fourth-order valence-electron chi connectivity index (χ4n) is 3.33. The molecule has 0 aliphatic heterocycles. The molecule has 0 atom stereocenters. The number of hydrogen-bond acceptors (Lipinski definition) is 5. The van der Waals surface area contributed by atoms with Crippen molar-refractivity contribution < 1.29 is 9.59 Å². The molecule has 2 aromatic heterocycles. The van der Waals surface area contributed by atoms with Gasteiger partial charge >= 0.3 is 6.03 Å². The Morgan fingerprint density at radius 2 is 1.82 bits per heavy atom. The van der Waals surface area contributed by atoms with Crippen molar-refractivity contribution in [3.63, 3.8) is 0 Å². The van der Waals surface area contributed by atoms with Crippen LogP contribution in [-0.2, 0) is 18.3 Å². The average Bonchev–Trinajstić information content (AvgIpc) is 3.31. The van der Waals surface area contributed by atoms with Gasteiger partial charge in [-0.3, -0.25) is 19.6 Å². The highest BCUT2D eigenvalue weighted by Crippen LogP contribution is 2.19. The van der Waals surface area contributed by atoms with Gasteiger partial charge in [0.15, 0.2) is 5.13 Å². The zero-order chi connectivity index (χ0) is 24.2. The van der Waals surface area contributed by atoms with Crippen LogP contribution in [-0.4, -0.2) is 26.3 Å². The normalized spacial score (nSPS) is 10.7. The second kappa shape index (κ2) is 9.94. The number of hydrogen-bond donors (Lipinski definition) is 3. The largest absolute Gasteiger partial charge is 0.325 e. The van der Waals surface area contributed by atoms with Crippen molar-refractivity contribution in [2.75, 3.05) is 16.0 Å². The number of amides is 3. The number of thiazole rings is 1. The molecule has 174 valence electrons. The van der Waals surface area contributed by atoms with E-state index < -0.39 is 6.03 Å². The maximum absolute atomic E-state index is 12.9. The van der Waals surface area contributed by atoms with Gasteiger partial charge in [0.25, 0.3) is 5.56 Å². The first-order valence-electron chi connectivity index (χ1n) is 10.2. The Morgan fingerprint density at radius 3 is 2.56 bits per heavy atom. The molecule has 4 rings (SSSR count). The number of para-hydroxylation sites is 1. The lowest BCUT2D eigenvalue weighted by atomic mass is 10.3. The summed E-state index contributed by atoms with van der Waals surface area (Å²) >= 11 is 7.11. The monoisotopic (exact) mass is 496 g/mol. The first-order chi connectivity index (χ1) is 16.3. The third-order valence-electron chi connectivity index (χ3n) is 5.02. The van der Waals surface area contributed by atoms with Gasteiger partial charge in [-0.15, -0.1) is 11.3 Å². The lowest BCUT2D eigenvalue weighted by Crippen LogP contribution is -2.23. The standard InChI is InChI=1S/C23H21ClN6O3S/c1-14-20(21(32)30(29(14)2)18-9-4-3-5-10-18)27-19(31)12-17-13-34-23(26-17)28-22(33)25-16-8-6-7-15(24)11-16/h3-11,13H,12H2,1-2H3,(H,27,31)(H2,25,26,28,33). The minimum absolute atomic E-state index is 0.0484. The highest BCUT2D eigenvalue weighted by atomic mass is 35.5. The molecule has 0 saturated heterocycles. The summed E-state index contributed by atoms with van der Waals surface area (Å²) in [5, 5.41) is 10.5. The smallest absolute Gasteiger partial charge is 0.320 e. The van der Waals surface area contributed by atoms with Crippen LogP contribution in [0, 0.1) is 6.92 Å². The zero-order valence-corrected chi connectivity index (χ0v) is 19.9. The first-order valence-corrected chi connectivity index (χ1v) is 11.5. The Labute approximate surface area is 204 Å². The molecule has 0 bridgehead atoms. The SMILES string of the molecule is Cc1c(NC(=O)Cc2csc(NC(=O)Nc3cccc(Cl)c3)n2)c(=O)n(-c2ccccc2)n1C. The van der Waals surface area contributed by atoms with Crippen LogP contribution in [0.4, 0.5) is 21.3 Å². The van der Waals surface area contributed by atoms with E-state index in [1.165, 1.54) is 16.0 Å². The number of benzene rings is 2. The van der Waals surface area contributed by atoms with E-state index in [0.29, 0.717) is 32.9 Å². The number of anilines is 3. The number of rotatable bonds is 6. The van der Waals surface area contributed by atoms with Crippen molar-refractivity contribution in [2.24, 2.45) is 7.05 Å². The number of nitrogens with zero attached hydrogens (tertiary/aromatic N) is 3. The van der Waals surface area contributed by atoms with Crippen LogP contribution < -0.4 is 21.5 Å². The zero-order valence-electron chi connectivity index (χ0n) is 18.3. The minimum Gasteiger partial charge on any atom is -0.320 e. The maximum Gasteiger partial charge on any atom is 0.325 e. The lowest BCUT2D eigenvalue weighted by molar-refractivity contribution is -0.115. The second-order valence-corrected chi connectivity index (χ2v) is 8.69. The third-order valence-corrected chi connectivity index (χ3v) is 6.06. The molecule has 4 aromatic rings. The van der Waals surface area contributed by atoms with E-state index >= 15 is 0 Å². The van der Waals surface area contributed by atoms with Crippen molar-refractivity contribution in [2.45, 2.75) is 13.3 Å². The summed E-state index contributed by atoms with van der Waals surface area (Å²) in [6.07, 6.45) is -0.0484. The lowest BCUT2D eigenvalue weighted by Gasteiger charge is -2.07. The van der Waals surface area contributed by atoms with E-state index in [0.717, 1.165) is 0 Å². The summed E-state index contributed by atoms with van der Waals surface area (Å²) < 4.78 is 3.19. The van der Waals surface area contributed by atoms with Gasteiger partial charge in [0, 0.05) is 23.1 Å². The molecule has 11 heteroatoms. The van der Waals surface area contributed by atoms with Crippen LogP contribution in [0.15, 0.2) is 64.8 Å². The summed E-state index contributed by atoms with van der Waals surface area (Å²) in [6.45, 7) is 1.76. The van der Waals surface area contributed by atoms with Crippen LogP contribution in [0.25, 0.3) is 5.69 Å². The molecule has 2 aromatic carbocycles. The topological polar surface area (TPSA) is 110 Å². The molecule has 0 radical (unpaired) electrons. The van der Waals surface area contributed by atoms with Gasteiger partial charge in [-0.1, -0.05) is 35.9 Å². The Kier molecular flexibility index (Phi) is 6.80. The van der Waals surface area contributed by atoms with E-state index in [1.54, 1.807) is 48.3 Å². The molecule has 0 aliphatic carbocycles. The molecule has 34 heavy (non-hydrogen) atoms. The minimum atomic E-state index is -0.478. The quantitative estimate of drug-likeness (QED) is 0.367. The fraction of sp³-hybridized carbons (Fsp3) is 0.130. The van der Waals surface area contributed by atoms with Crippen molar-refractivity contribution in [3.05, 3.63) is 86.7 Å². The molecule has 0 saturated carbocycles. The summed E-state index contributed by atoms with van der Waals surface area (Å²) in [5.74, 6) is -0.383. The van der Waals surface area contributed by atoms with Gasteiger partial charge in [-0.2, -0.15) is 0 Å². The van der Waals surface area contributed by atoms with Crippen LogP contribution in [0.2, 0.25) is 5.02 Å². The molecular formula is C23H21ClN6O3S. The molecule has 0 fully saturated rings. The maximum atomic E-state index is 12.9. The predicted octanol–water partition coefficient (Wildman–Crippen LogP) is 4.42. The molecule has 3 amide bonds. The van der Waals surface area contributed by atoms with E-state index in [2.05, 4.69) is 20.9 Å². The van der Waals surface area contributed by atoms with Gasteiger partial charge in [0.05, 0.1) is 23.5 Å². The molecule has 3 N–H and O–H groups in total. The number of aromatic nitrogens is 3. The van der Waals surface area contributed by atoms with Crippen molar-refractivity contribution in [3.8, 4) is 5.69 Å². The van der Waals surface area contributed by atoms with Crippen LogP contribution in [0.5, 0.6) is 0 Å². The number of carbonyl (C=O) groups excluding carboxylic acids is 2. The highest BCUT2D eigenvalue weighted by Gasteiger charge is 2.19. The fourth-order valence-corrected chi connectivity index (χ4v) is 4.23. The summed E-state index contributed by atoms with van der Waals surface area (Å²) in [5.41, 5.74) is 2.23. The molecule has 0 spiro atoms. The number of carbonyl (C=O) groups is 2. The second-order valence-electron chi connectivity index (χ2n) is 7.39. The van der Waals surface area contributed by atoms with Gasteiger partial charge < -0.3 is 10.6 Å². The summed E-state index contributed by atoms with van der Waals surface area (Å²) in [7, 11) is 1.76. The third kappa shape index (κ3) is 5.19. The Balaban J connectivity index is 1.40. The van der Waals surface area contributed by atoms with Crippen molar-refractivity contribution >= 4 is 51.4 Å². The van der Waals surface area contributed by atoms with Gasteiger partial charge in [-0.25, -0.2) is 14.5 Å². The molecule has 2 heterocycles. The van der Waals surface area contributed by atoms with E-state index in [4.69, 9.17) is 11.6 Å².